The first-order valence-electron chi connectivity index (χ1n) is 7.55. The Bertz CT molecular complexity index is 568. The number of carbonyl (C=O) groups excluding carboxylic acids is 2. The average molecular weight is 373 g/mol. The molecule has 0 spiro atoms. The Morgan fingerprint density at radius 3 is 2.52 bits per heavy atom. The molecule has 25 heavy (non-hydrogen) atoms. The van der Waals surface area contributed by atoms with Crippen molar-refractivity contribution < 1.29 is 24.6 Å². The van der Waals surface area contributed by atoms with E-state index in [1.807, 2.05) is 6.26 Å². The van der Waals surface area contributed by atoms with Crippen LogP contribution in [0.5, 0.6) is 0 Å². The average Bonchev–Trinajstić information content (AvgIpc) is 3.08. The van der Waals surface area contributed by atoms with Crippen molar-refractivity contribution in [3.05, 3.63) is 18.2 Å². The molecule has 1 aromatic rings. The van der Waals surface area contributed by atoms with Gasteiger partial charge in [-0.2, -0.15) is 11.8 Å². The lowest BCUT2D eigenvalue weighted by molar-refractivity contribution is -0.142. The third kappa shape index (κ3) is 7.11. The van der Waals surface area contributed by atoms with Crippen LogP contribution in [0.3, 0.4) is 0 Å². The van der Waals surface area contributed by atoms with Crippen LogP contribution in [0.15, 0.2) is 12.5 Å². The molecule has 7 N–H and O–H groups in total. The quantitative estimate of drug-likeness (QED) is 0.261. The molecule has 3 atom stereocenters. The molecule has 0 saturated carbocycles. The molecule has 0 aliphatic heterocycles. The van der Waals surface area contributed by atoms with Crippen LogP contribution < -0.4 is 16.4 Å². The summed E-state index contributed by atoms with van der Waals surface area (Å²) in [5.74, 6) is -2.05. The van der Waals surface area contributed by atoms with E-state index in [0.717, 1.165) is 0 Å². The minimum Gasteiger partial charge on any atom is -0.480 e. The summed E-state index contributed by atoms with van der Waals surface area (Å²) in [6.45, 7) is -0.677. The molecule has 0 bridgehead atoms. The Morgan fingerprint density at radius 1 is 1.32 bits per heavy atom. The Hall–Kier alpha value is -2.11. The van der Waals surface area contributed by atoms with E-state index in [-0.39, 0.29) is 12.8 Å². The Kier molecular flexibility index (Phi) is 8.95. The van der Waals surface area contributed by atoms with Crippen LogP contribution in [0.4, 0.5) is 0 Å². The second-order valence-electron chi connectivity index (χ2n) is 5.31. The summed E-state index contributed by atoms with van der Waals surface area (Å²) in [4.78, 5) is 41.9. The monoisotopic (exact) mass is 373 g/mol. The fourth-order valence-corrected chi connectivity index (χ4v) is 2.44. The van der Waals surface area contributed by atoms with Crippen molar-refractivity contribution >= 4 is 29.5 Å². The van der Waals surface area contributed by atoms with Crippen molar-refractivity contribution in [3.63, 3.8) is 0 Å². The molecular formula is C14H23N5O5S. The van der Waals surface area contributed by atoms with E-state index in [0.29, 0.717) is 11.4 Å². The largest absolute Gasteiger partial charge is 0.480 e. The van der Waals surface area contributed by atoms with Crippen LogP contribution in [0.25, 0.3) is 0 Å². The molecular weight excluding hydrogens is 350 g/mol. The lowest BCUT2D eigenvalue weighted by atomic mass is 10.1. The number of nitrogens with one attached hydrogen (secondary N) is 3. The summed E-state index contributed by atoms with van der Waals surface area (Å²) in [5, 5.41) is 23.1. The van der Waals surface area contributed by atoms with Crippen molar-refractivity contribution in [2.24, 2.45) is 5.73 Å². The summed E-state index contributed by atoms with van der Waals surface area (Å²) >= 11 is 1.45. The third-order valence-electron chi connectivity index (χ3n) is 3.37. The fraction of sp³-hybridized carbons (Fsp3) is 0.571. The molecule has 0 aromatic carbocycles. The number of nitrogens with two attached hydrogens (primary N) is 1. The van der Waals surface area contributed by atoms with Gasteiger partial charge in [-0.3, -0.25) is 9.59 Å². The normalized spacial score (nSPS) is 14.4. The Labute approximate surface area is 149 Å². The first-order chi connectivity index (χ1) is 11.9. The van der Waals surface area contributed by atoms with Crippen molar-refractivity contribution in [2.45, 2.75) is 31.0 Å². The van der Waals surface area contributed by atoms with Crippen molar-refractivity contribution in [2.75, 3.05) is 18.6 Å². The summed E-state index contributed by atoms with van der Waals surface area (Å²) in [6.07, 6.45) is 5.19. The van der Waals surface area contributed by atoms with Gasteiger partial charge < -0.3 is 31.6 Å². The maximum Gasteiger partial charge on any atom is 0.326 e. The Balaban J connectivity index is 2.59. The van der Waals surface area contributed by atoms with Gasteiger partial charge in [-0.15, -0.1) is 0 Å². The number of aromatic nitrogens is 2. The number of hydrogen-bond acceptors (Lipinski definition) is 7. The highest BCUT2D eigenvalue weighted by Crippen LogP contribution is 2.02. The number of carbonyl (C=O) groups is 3. The number of rotatable bonds is 11. The maximum absolute atomic E-state index is 12.1. The van der Waals surface area contributed by atoms with E-state index in [1.54, 1.807) is 0 Å². The van der Waals surface area contributed by atoms with Gasteiger partial charge in [-0.25, -0.2) is 9.78 Å². The zero-order valence-electron chi connectivity index (χ0n) is 13.8. The standard InChI is InChI=1S/C14H23N5O5S/c1-25-3-2-10(14(23)24)18-13(22)11(6-20)19-12(21)9(15)4-8-5-16-7-17-8/h5,7,9-11,20H,2-4,6,15H2,1H3,(H,16,17)(H,18,22)(H,19,21)(H,23,24)/t9-,10-,11-/m0/s1. The minimum absolute atomic E-state index is 0.178. The van der Waals surface area contributed by atoms with E-state index in [1.165, 1.54) is 24.3 Å². The second kappa shape index (κ2) is 10.7. The number of thioether (sulfide) groups is 1. The van der Waals surface area contributed by atoms with E-state index < -0.39 is 42.5 Å². The van der Waals surface area contributed by atoms with Gasteiger partial charge in [0.25, 0.3) is 0 Å². The zero-order chi connectivity index (χ0) is 18.8. The predicted molar refractivity (Wildman–Crippen MR) is 91.8 cm³/mol. The first-order valence-corrected chi connectivity index (χ1v) is 8.94. The molecule has 140 valence electrons. The number of H-pyrrole nitrogens is 1. The fourth-order valence-electron chi connectivity index (χ4n) is 1.96. The van der Waals surface area contributed by atoms with Gasteiger partial charge in [0.2, 0.25) is 11.8 Å². The van der Waals surface area contributed by atoms with Gasteiger partial charge in [0.05, 0.1) is 19.0 Å². The summed E-state index contributed by atoms with van der Waals surface area (Å²) in [7, 11) is 0. The van der Waals surface area contributed by atoms with Crippen LogP contribution in [0.1, 0.15) is 12.1 Å². The maximum atomic E-state index is 12.1. The second-order valence-corrected chi connectivity index (χ2v) is 6.30. The number of imidazole rings is 1. The molecule has 2 amide bonds. The number of aromatic amines is 1. The molecule has 1 aromatic heterocycles. The summed E-state index contributed by atoms with van der Waals surface area (Å²) < 4.78 is 0. The van der Waals surface area contributed by atoms with Gasteiger partial charge >= 0.3 is 5.97 Å². The Morgan fingerprint density at radius 2 is 2.00 bits per heavy atom. The minimum atomic E-state index is -1.28. The number of aliphatic hydroxyl groups excluding tert-OH is 1. The van der Waals surface area contributed by atoms with Crippen LogP contribution in [0.2, 0.25) is 0 Å². The highest BCUT2D eigenvalue weighted by molar-refractivity contribution is 7.98. The van der Waals surface area contributed by atoms with Crippen molar-refractivity contribution in [1.29, 1.82) is 0 Å². The zero-order valence-corrected chi connectivity index (χ0v) is 14.6. The first kappa shape index (κ1) is 20.9. The van der Waals surface area contributed by atoms with Gasteiger partial charge in [0.15, 0.2) is 0 Å². The van der Waals surface area contributed by atoms with Crippen LogP contribution in [0, 0.1) is 0 Å². The van der Waals surface area contributed by atoms with E-state index in [4.69, 9.17) is 10.8 Å². The third-order valence-corrected chi connectivity index (χ3v) is 4.02. The topological polar surface area (TPSA) is 170 Å². The number of aliphatic carboxylic acids is 1. The van der Waals surface area contributed by atoms with Gasteiger partial charge in [-0.05, 0) is 18.4 Å². The molecule has 0 fully saturated rings. The number of amides is 2. The number of carboxylic acid groups (broad SMARTS) is 1. The van der Waals surface area contributed by atoms with E-state index >= 15 is 0 Å². The summed E-state index contributed by atoms with van der Waals surface area (Å²) in [6, 6.07) is -3.32. The van der Waals surface area contributed by atoms with Crippen LogP contribution in [-0.4, -0.2) is 74.7 Å². The molecule has 0 aliphatic carbocycles. The highest BCUT2D eigenvalue weighted by atomic mass is 32.2. The SMILES string of the molecule is CSCC[C@H](NC(=O)[C@H](CO)NC(=O)[C@@H](N)Cc1cnc[nH]1)C(=O)O. The number of nitrogens with zero attached hydrogens (tertiary/aromatic N) is 1. The van der Waals surface area contributed by atoms with Gasteiger partial charge in [0, 0.05) is 18.3 Å². The predicted octanol–water partition coefficient (Wildman–Crippen LogP) is -1.92. The molecule has 11 heteroatoms. The van der Waals surface area contributed by atoms with Crippen molar-refractivity contribution in [3.8, 4) is 0 Å². The number of carboxylic acids is 1. The lowest BCUT2D eigenvalue weighted by Gasteiger charge is -2.21. The summed E-state index contributed by atoms with van der Waals surface area (Å²) in [5.41, 5.74) is 6.41. The molecule has 0 saturated heterocycles. The number of hydrogen-bond donors (Lipinski definition) is 6. The van der Waals surface area contributed by atoms with E-state index in [9.17, 15) is 19.5 Å². The van der Waals surface area contributed by atoms with Gasteiger partial charge in [0.1, 0.15) is 12.1 Å². The van der Waals surface area contributed by atoms with Gasteiger partial charge in [-0.1, -0.05) is 0 Å². The van der Waals surface area contributed by atoms with Crippen LogP contribution >= 0.6 is 11.8 Å². The molecule has 1 heterocycles. The molecule has 0 radical (unpaired) electrons. The molecule has 1 rings (SSSR count). The number of aliphatic hydroxyl groups is 1. The molecule has 10 nitrogen and oxygen atoms in total. The highest BCUT2D eigenvalue weighted by Gasteiger charge is 2.27. The molecule has 0 unspecified atom stereocenters. The van der Waals surface area contributed by atoms with E-state index in [2.05, 4.69) is 20.6 Å². The molecule has 0 aliphatic rings. The lowest BCUT2D eigenvalue weighted by Crippen LogP contribution is -2.56. The smallest absolute Gasteiger partial charge is 0.326 e. The van der Waals surface area contributed by atoms with Crippen molar-refractivity contribution in [1.82, 2.24) is 20.6 Å². The van der Waals surface area contributed by atoms with Crippen LogP contribution in [-0.2, 0) is 20.8 Å².